The molecule has 0 amide bonds. The number of hydrogen-bond donors (Lipinski definition) is 0. The molecular formula is C6H14O5PSi-3. The fourth-order valence-corrected chi connectivity index (χ4v) is 3.02. The Morgan fingerprint density at radius 1 is 1.23 bits per heavy atom. The Hall–Kier alpha value is 0.287. The first-order valence-electron chi connectivity index (χ1n) is 4.08. The molecule has 80 valence electrons. The molecule has 0 aromatic carbocycles. The molecule has 0 N–H and O–H groups in total. The molecule has 0 bridgehead atoms. The van der Waals surface area contributed by atoms with Crippen LogP contribution in [0.15, 0.2) is 0 Å². The van der Waals surface area contributed by atoms with Crippen molar-refractivity contribution in [2.24, 2.45) is 0 Å². The Labute approximate surface area is 79.1 Å². The predicted molar refractivity (Wildman–Crippen MR) is 45.1 cm³/mol. The lowest BCUT2D eigenvalue weighted by atomic mass is 10.4. The summed E-state index contributed by atoms with van der Waals surface area (Å²) in [5.41, 5.74) is 0. The van der Waals surface area contributed by atoms with Gasteiger partial charge in [-0.05, 0) is 25.6 Å². The van der Waals surface area contributed by atoms with Gasteiger partial charge in [0.2, 0.25) is 0 Å². The molecule has 1 rings (SSSR count). The van der Waals surface area contributed by atoms with Crippen LogP contribution in [0.3, 0.4) is 0 Å². The van der Waals surface area contributed by atoms with E-state index in [1.165, 1.54) is 18.9 Å². The molecule has 5 nitrogen and oxygen atoms in total. The summed E-state index contributed by atoms with van der Waals surface area (Å²) in [7, 11) is -6.48. The van der Waals surface area contributed by atoms with E-state index in [1.54, 1.807) is 0 Å². The Morgan fingerprint density at radius 3 is 1.85 bits per heavy atom. The lowest BCUT2D eigenvalue weighted by Crippen LogP contribution is -2.33. The van der Waals surface area contributed by atoms with E-state index in [1.807, 2.05) is 0 Å². The Morgan fingerprint density at radius 2 is 1.69 bits per heavy atom. The molecule has 1 saturated heterocycles. The van der Waals surface area contributed by atoms with Crippen molar-refractivity contribution in [3.8, 4) is 0 Å². The SMILES string of the molecule is C[Si]1(C)CCCCO1.O=P([O-])([O-])[O-]. The van der Waals surface area contributed by atoms with Gasteiger partial charge in [0.25, 0.3) is 0 Å². The first-order chi connectivity index (χ1) is 5.71. The normalized spacial score (nSPS) is 21.6. The summed E-state index contributed by atoms with van der Waals surface area (Å²) >= 11 is 0. The maximum atomic E-state index is 8.55. The van der Waals surface area contributed by atoms with E-state index < -0.39 is 16.1 Å². The molecule has 0 radical (unpaired) electrons. The Kier molecular flexibility index (Phi) is 5.35. The van der Waals surface area contributed by atoms with Crippen LogP contribution in [0.4, 0.5) is 0 Å². The molecule has 0 aliphatic carbocycles. The molecule has 13 heavy (non-hydrogen) atoms. The molecule has 1 fully saturated rings. The Balaban J connectivity index is 0.000000252. The van der Waals surface area contributed by atoms with Gasteiger partial charge < -0.3 is 23.7 Å². The third-order valence-electron chi connectivity index (χ3n) is 1.67. The number of hydrogen-bond acceptors (Lipinski definition) is 5. The summed E-state index contributed by atoms with van der Waals surface area (Å²) in [5.74, 6) is 0. The highest BCUT2D eigenvalue weighted by Gasteiger charge is 2.24. The first-order valence-corrected chi connectivity index (χ1v) is 8.65. The zero-order valence-corrected chi connectivity index (χ0v) is 9.71. The second-order valence-corrected chi connectivity index (χ2v) is 8.71. The second-order valence-electron chi connectivity index (χ2n) is 3.51. The molecule has 0 atom stereocenters. The quantitative estimate of drug-likeness (QED) is 0.396. The van der Waals surface area contributed by atoms with E-state index in [0.29, 0.717) is 0 Å². The van der Waals surface area contributed by atoms with Gasteiger partial charge in [0.15, 0.2) is 8.32 Å². The van der Waals surface area contributed by atoms with Crippen molar-refractivity contribution in [1.82, 2.24) is 0 Å². The zero-order valence-electron chi connectivity index (χ0n) is 7.82. The fraction of sp³-hybridized carbons (Fsp3) is 1.00. The molecule has 0 spiro atoms. The predicted octanol–water partition coefficient (Wildman–Crippen LogP) is -0.823. The van der Waals surface area contributed by atoms with Gasteiger partial charge in [-0.25, -0.2) is 0 Å². The highest BCUT2D eigenvalue weighted by atomic mass is 31.2. The van der Waals surface area contributed by atoms with Crippen molar-refractivity contribution in [1.29, 1.82) is 0 Å². The molecule has 1 aliphatic heterocycles. The fourth-order valence-electron chi connectivity index (χ4n) is 1.07. The summed E-state index contributed by atoms with van der Waals surface area (Å²) in [5, 5.41) is 0. The van der Waals surface area contributed by atoms with Gasteiger partial charge in [-0.1, -0.05) is 6.42 Å². The highest BCUT2D eigenvalue weighted by molar-refractivity contribution is 7.40. The largest absolute Gasteiger partial charge is 0.822 e. The van der Waals surface area contributed by atoms with Crippen LogP contribution >= 0.6 is 7.82 Å². The van der Waals surface area contributed by atoms with Gasteiger partial charge in [-0.2, -0.15) is 7.82 Å². The van der Waals surface area contributed by atoms with Crippen molar-refractivity contribution < 1.29 is 23.7 Å². The van der Waals surface area contributed by atoms with Crippen LogP contribution < -0.4 is 14.7 Å². The average Bonchev–Trinajstić information content (AvgIpc) is 1.82. The van der Waals surface area contributed by atoms with Crippen molar-refractivity contribution >= 4 is 16.1 Å². The van der Waals surface area contributed by atoms with Crippen LogP contribution in [-0.4, -0.2) is 14.9 Å². The minimum absolute atomic E-state index is 1.03. The molecule has 0 aromatic heterocycles. The lowest BCUT2D eigenvalue weighted by molar-refractivity contribution is -0.432. The van der Waals surface area contributed by atoms with Crippen LogP contribution in [0, 0.1) is 0 Å². The maximum Gasteiger partial charge on any atom is 0.186 e. The summed E-state index contributed by atoms with van der Waals surface area (Å²) in [4.78, 5) is 25.6. The van der Waals surface area contributed by atoms with E-state index in [4.69, 9.17) is 23.7 Å². The number of rotatable bonds is 0. The summed E-state index contributed by atoms with van der Waals surface area (Å²) in [6.45, 7) is 5.62. The van der Waals surface area contributed by atoms with Crippen LogP contribution in [0.25, 0.3) is 0 Å². The molecule has 0 aromatic rings. The molecular weight excluding hydrogens is 211 g/mol. The topological polar surface area (TPSA) is 95.5 Å². The summed E-state index contributed by atoms with van der Waals surface area (Å²) < 4.78 is 14.2. The second kappa shape index (κ2) is 5.24. The first kappa shape index (κ1) is 13.3. The molecule has 0 unspecified atom stereocenters. The van der Waals surface area contributed by atoms with Gasteiger partial charge in [0.1, 0.15) is 0 Å². The average molecular weight is 225 g/mol. The van der Waals surface area contributed by atoms with E-state index in [9.17, 15) is 0 Å². The molecule has 7 heteroatoms. The molecule has 0 saturated carbocycles. The van der Waals surface area contributed by atoms with Gasteiger partial charge in [-0.15, -0.1) is 0 Å². The monoisotopic (exact) mass is 225 g/mol. The van der Waals surface area contributed by atoms with E-state index in [-0.39, 0.29) is 0 Å². The van der Waals surface area contributed by atoms with E-state index in [0.717, 1.165) is 6.61 Å². The minimum atomic E-state index is -5.39. The summed E-state index contributed by atoms with van der Waals surface area (Å²) in [6.07, 6.45) is 2.69. The van der Waals surface area contributed by atoms with Gasteiger partial charge >= 0.3 is 0 Å². The van der Waals surface area contributed by atoms with Crippen LogP contribution in [0.2, 0.25) is 19.1 Å². The van der Waals surface area contributed by atoms with Crippen molar-refractivity contribution in [3.05, 3.63) is 0 Å². The van der Waals surface area contributed by atoms with Gasteiger partial charge in [0, 0.05) is 6.61 Å². The summed E-state index contributed by atoms with van der Waals surface area (Å²) in [6, 6.07) is 1.37. The van der Waals surface area contributed by atoms with Crippen molar-refractivity contribution in [2.45, 2.75) is 32.0 Å². The van der Waals surface area contributed by atoms with Gasteiger partial charge in [0.05, 0.1) is 0 Å². The van der Waals surface area contributed by atoms with E-state index >= 15 is 0 Å². The molecule has 1 heterocycles. The van der Waals surface area contributed by atoms with Crippen LogP contribution in [0.1, 0.15) is 12.8 Å². The highest BCUT2D eigenvalue weighted by Crippen LogP contribution is 2.20. The van der Waals surface area contributed by atoms with Gasteiger partial charge in [-0.3, -0.25) is 0 Å². The van der Waals surface area contributed by atoms with Crippen LogP contribution in [-0.2, 0) is 8.99 Å². The van der Waals surface area contributed by atoms with Crippen LogP contribution in [0.5, 0.6) is 0 Å². The molecule has 1 aliphatic rings. The zero-order chi connectivity index (χ0) is 10.5. The van der Waals surface area contributed by atoms with Crippen molar-refractivity contribution in [3.63, 3.8) is 0 Å². The third-order valence-corrected chi connectivity index (χ3v) is 4.21. The third kappa shape index (κ3) is 12.3. The lowest BCUT2D eigenvalue weighted by Gasteiger charge is -2.36. The maximum absolute atomic E-state index is 8.55. The number of phosphoric acid groups is 1. The Bertz CT molecular complexity index is 173. The smallest absolute Gasteiger partial charge is 0.186 e. The standard InChI is InChI=1S/C6H14OSi.H3O4P/c1-8(2)6-4-3-5-7-8;1-5(2,3)4/h3-6H2,1-2H3;(H3,1,2,3,4)/p-3. The van der Waals surface area contributed by atoms with Crippen molar-refractivity contribution in [2.75, 3.05) is 6.61 Å². The van der Waals surface area contributed by atoms with E-state index in [2.05, 4.69) is 13.1 Å². The minimum Gasteiger partial charge on any atom is -0.822 e.